The van der Waals surface area contributed by atoms with Crippen LogP contribution in [-0.2, 0) is 0 Å². The first-order chi connectivity index (χ1) is 19.8. The minimum absolute atomic E-state index is 0.175. The zero-order valence-electron chi connectivity index (χ0n) is 21.1. The van der Waals surface area contributed by atoms with E-state index in [2.05, 4.69) is 123 Å². The minimum atomic E-state index is 0.175. The zero-order valence-corrected chi connectivity index (χ0v) is 22.8. The van der Waals surface area contributed by atoms with E-state index >= 15 is 0 Å². The molecule has 0 N–H and O–H groups in total. The van der Waals surface area contributed by atoms with Crippen LogP contribution < -0.4 is 10.9 Å². The number of hydrogen-bond donors (Lipinski definition) is 0. The second kappa shape index (κ2) is 6.84. The lowest BCUT2D eigenvalue weighted by Crippen LogP contribution is -2.54. The predicted molar refractivity (Wildman–Crippen MR) is 170 cm³/mol. The molecule has 0 saturated carbocycles. The van der Waals surface area contributed by atoms with Crippen molar-refractivity contribution in [3.63, 3.8) is 0 Å². The molecule has 4 aliphatic heterocycles. The van der Waals surface area contributed by atoms with E-state index in [0.717, 1.165) is 0 Å². The molecule has 5 aromatic carbocycles. The van der Waals surface area contributed by atoms with Gasteiger partial charge >= 0.3 is 6.85 Å². The van der Waals surface area contributed by atoms with Crippen LogP contribution in [0.1, 0.15) is 0 Å². The number of para-hydroxylation sites is 3. The zero-order chi connectivity index (χ0) is 25.7. The van der Waals surface area contributed by atoms with Crippen molar-refractivity contribution in [2.75, 3.05) is 0 Å². The molecule has 6 heteroatoms. The summed E-state index contributed by atoms with van der Waals surface area (Å²) < 4.78 is 9.97. The van der Waals surface area contributed by atoms with Gasteiger partial charge in [0.1, 0.15) is 0 Å². The number of rotatable bonds is 0. The maximum atomic E-state index is 2.52. The van der Waals surface area contributed by atoms with Crippen molar-refractivity contribution in [1.82, 2.24) is 13.7 Å². The Bertz CT molecular complexity index is 2540. The average Bonchev–Trinajstić information content (AvgIpc) is 3.62. The summed E-state index contributed by atoms with van der Waals surface area (Å²) in [7, 11) is 0. The van der Waals surface area contributed by atoms with E-state index < -0.39 is 0 Å². The van der Waals surface area contributed by atoms with E-state index in [4.69, 9.17) is 0 Å². The van der Waals surface area contributed by atoms with Gasteiger partial charge in [-0.05, 0) is 64.5 Å². The predicted octanol–water partition coefficient (Wildman–Crippen LogP) is 7.74. The van der Waals surface area contributed by atoms with Gasteiger partial charge in [-0.1, -0.05) is 72.4 Å². The summed E-state index contributed by atoms with van der Waals surface area (Å²) in [6.07, 6.45) is 4.53. The first-order valence-electron chi connectivity index (χ1n) is 13.6. The van der Waals surface area contributed by atoms with Gasteiger partial charge in [0.2, 0.25) is 0 Å². The van der Waals surface area contributed by atoms with E-state index in [1.165, 1.54) is 85.0 Å². The Kier molecular flexibility index (Phi) is 3.51. The quantitative estimate of drug-likeness (QED) is 0.108. The third kappa shape index (κ3) is 2.27. The summed E-state index contributed by atoms with van der Waals surface area (Å²) in [6, 6.07) is 36.5. The number of fused-ring (bicyclic) bond motifs is 8. The first-order valence-corrected chi connectivity index (χ1v) is 15.3. The van der Waals surface area contributed by atoms with E-state index in [9.17, 15) is 0 Å². The molecule has 40 heavy (non-hydrogen) atoms. The van der Waals surface area contributed by atoms with Crippen LogP contribution in [0.2, 0.25) is 0 Å². The highest BCUT2D eigenvalue weighted by molar-refractivity contribution is 8.00. The van der Waals surface area contributed by atoms with Crippen LogP contribution in [-0.4, -0.2) is 20.5 Å². The molecule has 4 aliphatic rings. The number of aromatic nitrogens is 3. The lowest BCUT2D eigenvalue weighted by molar-refractivity contribution is 0.826. The molecule has 11 rings (SSSR count). The molecule has 0 unspecified atom stereocenters. The van der Waals surface area contributed by atoms with Crippen LogP contribution in [0, 0.1) is 0 Å². The Morgan fingerprint density at radius 1 is 0.625 bits per heavy atom. The number of hydrogen-bond acceptors (Lipinski definition) is 2. The molecule has 0 radical (unpaired) electrons. The lowest BCUT2D eigenvalue weighted by Gasteiger charge is -2.33. The van der Waals surface area contributed by atoms with Crippen LogP contribution in [0.3, 0.4) is 0 Å². The van der Waals surface area contributed by atoms with Crippen molar-refractivity contribution in [2.45, 2.75) is 9.79 Å². The Hall–Kier alpha value is -4.39. The maximum Gasteiger partial charge on any atom is 0.330 e. The van der Waals surface area contributed by atoms with Gasteiger partial charge in [0.05, 0.1) is 26.1 Å². The van der Waals surface area contributed by atoms with Gasteiger partial charge in [0.15, 0.2) is 0 Å². The van der Waals surface area contributed by atoms with Crippen molar-refractivity contribution < 1.29 is 0 Å². The van der Waals surface area contributed by atoms with E-state index in [1.54, 1.807) is 0 Å². The van der Waals surface area contributed by atoms with Crippen molar-refractivity contribution in [1.29, 1.82) is 0 Å². The maximum absolute atomic E-state index is 2.52. The van der Waals surface area contributed by atoms with Gasteiger partial charge in [0.25, 0.3) is 0 Å². The molecular formula is C34H18BN3S2. The van der Waals surface area contributed by atoms with Crippen LogP contribution in [0.25, 0.3) is 64.3 Å². The molecule has 184 valence electrons. The molecule has 0 atom stereocenters. The fourth-order valence-corrected chi connectivity index (χ4v) is 9.83. The van der Waals surface area contributed by atoms with Gasteiger partial charge in [-0.3, -0.25) is 4.52 Å². The van der Waals surface area contributed by atoms with Crippen molar-refractivity contribution >= 4 is 88.4 Å². The average molecular weight is 543 g/mol. The molecule has 3 nitrogen and oxygen atoms in total. The third-order valence-electron chi connectivity index (χ3n) is 9.11. The fraction of sp³-hybridized carbons (Fsp3) is 0. The minimum Gasteiger partial charge on any atom is -0.382 e. The molecule has 7 aromatic rings. The summed E-state index contributed by atoms with van der Waals surface area (Å²) in [5, 5.41) is 5.21. The van der Waals surface area contributed by atoms with E-state index in [0.29, 0.717) is 0 Å². The lowest BCUT2D eigenvalue weighted by atomic mass is 9.47. The molecule has 0 spiro atoms. The summed E-state index contributed by atoms with van der Waals surface area (Å²) in [5.74, 6) is 0. The Balaban J connectivity index is 1.31. The van der Waals surface area contributed by atoms with Crippen molar-refractivity contribution in [3.05, 3.63) is 109 Å². The fourth-order valence-electron chi connectivity index (χ4n) is 7.54. The summed E-state index contributed by atoms with van der Waals surface area (Å²) in [5.41, 5.74) is 10.7. The summed E-state index contributed by atoms with van der Waals surface area (Å²) in [4.78, 5) is 2.71. The highest BCUT2D eigenvalue weighted by Gasteiger charge is 2.39. The van der Waals surface area contributed by atoms with Gasteiger partial charge in [-0.2, -0.15) is 0 Å². The molecule has 0 saturated heterocycles. The molecule has 0 aliphatic carbocycles. The highest BCUT2D eigenvalue weighted by Crippen LogP contribution is 2.44. The monoisotopic (exact) mass is 543 g/mol. The second-order valence-corrected chi connectivity index (χ2v) is 13.2. The number of benzene rings is 5. The Labute approximate surface area is 237 Å². The van der Waals surface area contributed by atoms with Crippen LogP contribution in [0.15, 0.2) is 119 Å². The smallest absolute Gasteiger partial charge is 0.330 e. The summed E-state index contributed by atoms with van der Waals surface area (Å²) >= 11 is 3.84. The third-order valence-corrected chi connectivity index (χ3v) is 11.4. The molecule has 2 aromatic heterocycles. The number of nitrogens with zero attached hydrogens (tertiary/aromatic N) is 3. The second-order valence-electron chi connectivity index (χ2n) is 11.0. The SMILES string of the molecule is c1cc2c3c(c1)-c1cccc4ccn(c14)B3c1cc3sc4cccc5c4-n(c3cc1S2)n1ccc2cccc5c21. The van der Waals surface area contributed by atoms with Crippen molar-refractivity contribution in [3.8, 4) is 16.8 Å². The standard InChI is InChI=1S/C34H18BN3S2/c1-5-19-13-15-36-32(19)22(8-1)21-7-3-11-27-31(21)35(36)25-17-30-26(18-29(25)39-27)38-34-24(10-4-12-28(34)40-30)23-9-2-6-20-14-16-37(38)33(20)23/h1-18H. The molecule has 6 heterocycles. The summed E-state index contributed by atoms with van der Waals surface area (Å²) in [6.45, 7) is 0.175. The van der Waals surface area contributed by atoms with Gasteiger partial charge in [-0.15, -0.1) is 11.3 Å². The van der Waals surface area contributed by atoms with Gasteiger partial charge in [-0.25, -0.2) is 4.68 Å². The van der Waals surface area contributed by atoms with Crippen molar-refractivity contribution in [2.24, 2.45) is 0 Å². The highest BCUT2D eigenvalue weighted by atomic mass is 32.2. The van der Waals surface area contributed by atoms with E-state index in [-0.39, 0.29) is 6.85 Å². The first kappa shape index (κ1) is 20.5. The van der Waals surface area contributed by atoms with Gasteiger partial charge in [0, 0.05) is 43.2 Å². The molecule has 0 bridgehead atoms. The molecule has 0 fully saturated rings. The van der Waals surface area contributed by atoms with Gasteiger partial charge < -0.3 is 4.48 Å². The Morgan fingerprint density at radius 3 is 2.40 bits per heavy atom. The topological polar surface area (TPSA) is 14.3 Å². The normalized spacial score (nSPS) is 13.8. The Morgan fingerprint density at radius 2 is 1.43 bits per heavy atom. The van der Waals surface area contributed by atoms with E-state index in [1.807, 2.05) is 23.1 Å². The van der Waals surface area contributed by atoms with Crippen LogP contribution in [0.5, 0.6) is 0 Å². The van der Waals surface area contributed by atoms with Crippen LogP contribution in [0.4, 0.5) is 0 Å². The van der Waals surface area contributed by atoms with Crippen LogP contribution >= 0.6 is 23.1 Å². The molecular weight excluding hydrogens is 525 g/mol. The largest absolute Gasteiger partial charge is 0.382 e. The molecule has 0 amide bonds.